The maximum absolute atomic E-state index is 12.5. The number of hydrogen-bond acceptors (Lipinski definition) is 5. The maximum Gasteiger partial charge on any atom is 0.330 e. The first-order valence-corrected chi connectivity index (χ1v) is 9.57. The van der Waals surface area contributed by atoms with Gasteiger partial charge in [-0.05, 0) is 55.7 Å². The second kappa shape index (κ2) is 9.69. The van der Waals surface area contributed by atoms with E-state index in [0.29, 0.717) is 6.61 Å². The number of nitrogens with zero attached hydrogens (tertiary/aromatic N) is 2. The van der Waals surface area contributed by atoms with Gasteiger partial charge in [0.15, 0.2) is 0 Å². The van der Waals surface area contributed by atoms with Gasteiger partial charge >= 0.3 is 5.97 Å². The Morgan fingerprint density at radius 1 is 1.18 bits per heavy atom. The van der Waals surface area contributed by atoms with Gasteiger partial charge in [0.05, 0.1) is 6.61 Å². The molecule has 0 unspecified atom stereocenters. The third kappa shape index (κ3) is 5.42. The molecule has 0 radical (unpaired) electrons. The summed E-state index contributed by atoms with van der Waals surface area (Å²) in [5.41, 5.74) is 1.57. The quantitative estimate of drug-likeness (QED) is 0.615. The number of carbonyl (C=O) groups excluding carboxylic acids is 2. The molecule has 1 saturated heterocycles. The van der Waals surface area contributed by atoms with Crippen molar-refractivity contribution >= 4 is 23.8 Å². The average Bonchev–Trinajstić information content (AvgIpc) is 2.74. The van der Waals surface area contributed by atoms with E-state index in [-0.39, 0.29) is 17.9 Å². The summed E-state index contributed by atoms with van der Waals surface area (Å²) in [5, 5.41) is 3.43. The molecule has 1 amide bonds. The smallest absolute Gasteiger partial charge is 0.330 e. The van der Waals surface area contributed by atoms with Gasteiger partial charge in [-0.3, -0.25) is 4.79 Å². The van der Waals surface area contributed by atoms with Crippen LogP contribution in [0.1, 0.15) is 35.7 Å². The molecule has 1 aromatic carbocycles. The van der Waals surface area contributed by atoms with Crippen LogP contribution in [-0.4, -0.2) is 47.5 Å². The Kier molecular flexibility index (Phi) is 6.78. The number of benzene rings is 1. The van der Waals surface area contributed by atoms with Crippen molar-refractivity contribution in [3.8, 4) is 0 Å². The van der Waals surface area contributed by atoms with Crippen LogP contribution in [0.2, 0.25) is 0 Å². The Morgan fingerprint density at radius 2 is 1.93 bits per heavy atom. The minimum Gasteiger partial charge on any atom is -0.463 e. The minimum atomic E-state index is -0.360. The number of hydrogen-bond donors (Lipinski definition) is 1. The molecule has 28 heavy (non-hydrogen) atoms. The normalized spacial score (nSPS) is 14.8. The molecule has 1 fully saturated rings. The Hall–Kier alpha value is -3.15. The molecule has 1 aromatic heterocycles. The van der Waals surface area contributed by atoms with Crippen molar-refractivity contribution in [2.24, 2.45) is 0 Å². The molecule has 146 valence electrons. The summed E-state index contributed by atoms with van der Waals surface area (Å²) in [6.45, 7) is 3.59. The first-order valence-electron chi connectivity index (χ1n) is 9.57. The molecule has 0 spiro atoms. The van der Waals surface area contributed by atoms with E-state index in [2.05, 4.69) is 10.3 Å². The summed E-state index contributed by atoms with van der Waals surface area (Å²) >= 11 is 0. The van der Waals surface area contributed by atoms with Crippen LogP contribution in [0.25, 0.3) is 6.08 Å². The van der Waals surface area contributed by atoms with Gasteiger partial charge in [0.1, 0.15) is 5.82 Å². The van der Waals surface area contributed by atoms with Crippen LogP contribution in [0.3, 0.4) is 0 Å². The van der Waals surface area contributed by atoms with Crippen LogP contribution in [0.4, 0.5) is 5.82 Å². The molecule has 1 N–H and O–H groups in total. The van der Waals surface area contributed by atoms with E-state index >= 15 is 0 Å². The number of pyridine rings is 1. The van der Waals surface area contributed by atoms with Gasteiger partial charge in [-0.2, -0.15) is 0 Å². The molecular formula is C22H25N3O3. The lowest BCUT2D eigenvalue weighted by atomic mass is 10.0. The van der Waals surface area contributed by atoms with Crippen molar-refractivity contribution in [3.05, 3.63) is 65.9 Å². The predicted octanol–water partition coefficient (Wildman–Crippen LogP) is 3.37. The SMILES string of the molecule is CCOC(=O)C=Cc1ccc(NC2CCN(C(=O)c3ccccc3)CC2)nc1. The van der Waals surface area contributed by atoms with E-state index in [9.17, 15) is 9.59 Å². The van der Waals surface area contributed by atoms with Crippen LogP contribution in [-0.2, 0) is 9.53 Å². The topological polar surface area (TPSA) is 71.5 Å². The lowest BCUT2D eigenvalue weighted by molar-refractivity contribution is -0.137. The molecule has 2 aromatic rings. The van der Waals surface area contributed by atoms with Crippen LogP contribution >= 0.6 is 0 Å². The molecule has 1 aliphatic rings. The average molecular weight is 379 g/mol. The van der Waals surface area contributed by atoms with E-state index < -0.39 is 0 Å². The molecule has 0 atom stereocenters. The van der Waals surface area contributed by atoms with E-state index in [4.69, 9.17) is 4.74 Å². The first-order chi connectivity index (χ1) is 13.7. The third-order valence-electron chi connectivity index (χ3n) is 4.64. The monoisotopic (exact) mass is 379 g/mol. The zero-order chi connectivity index (χ0) is 19.8. The lowest BCUT2D eigenvalue weighted by Gasteiger charge is -2.32. The maximum atomic E-state index is 12.5. The van der Waals surface area contributed by atoms with Gasteiger partial charge in [-0.25, -0.2) is 9.78 Å². The van der Waals surface area contributed by atoms with Crippen LogP contribution in [0.15, 0.2) is 54.7 Å². The highest BCUT2D eigenvalue weighted by molar-refractivity contribution is 5.94. The molecular weight excluding hydrogens is 354 g/mol. The van der Waals surface area contributed by atoms with E-state index in [0.717, 1.165) is 42.9 Å². The van der Waals surface area contributed by atoms with Crippen LogP contribution < -0.4 is 5.32 Å². The minimum absolute atomic E-state index is 0.0925. The van der Waals surface area contributed by atoms with Gasteiger partial charge in [0.2, 0.25) is 0 Å². The van der Waals surface area contributed by atoms with Gasteiger partial charge in [0, 0.05) is 37.0 Å². The van der Waals surface area contributed by atoms with Crippen molar-refractivity contribution < 1.29 is 14.3 Å². The Bertz CT molecular complexity index is 811. The number of aromatic nitrogens is 1. The second-order valence-electron chi connectivity index (χ2n) is 6.64. The number of carbonyl (C=O) groups is 2. The standard InChI is InChI=1S/C22H25N3O3/c1-2-28-21(26)11-9-17-8-10-20(23-16-17)24-19-12-14-25(15-13-19)22(27)18-6-4-3-5-7-18/h3-11,16,19H,2,12-15H2,1H3,(H,23,24). The highest BCUT2D eigenvalue weighted by Crippen LogP contribution is 2.17. The van der Waals surface area contributed by atoms with Gasteiger partial charge in [-0.1, -0.05) is 18.2 Å². The Labute approximate surface area is 165 Å². The third-order valence-corrected chi connectivity index (χ3v) is 4.64. The van der Waals surface area contributed by atoms with E-state index in [1.165, 1.54) is 6.08 Å². The molecule has 3 rings (SSSR count). The fourth-order valence-electron chi connectivity index (χ4n) is 3.14. The number of ether oxygens (including phenoxy) is 1. The van der Waals surface area contributed by atoms with Crippen LogP contribution in [0, 0.1) is 0 Å². The molecule has 6 nitrogen and oxygen atoms in total. The fourth-order valence-corrected chi connectivity index (χ4v) is 3.14. The number of nitrogens with one attached hydrogen (secondary N) is 1. The largest absolute Gasteiger partial charge is 0.463 e. The number of anilines is 1. The van der Waals surface area contributed by atoms with Crippen molar-refractivity contribution in [2.75, 3.05) is 25.0 Å². The van der Waals surface area contributed by atoms with E-state index in [1.54, 1.807) is 19.2 Å². The second-order valence-corrected chi connectivity index (χ2v) is 6.64. The highest BCUT2D eigenvalue weighted by atomic mass is 16.5. The number of rotatable bonds is 6. The fraction of sp³-hybridized carbons (Fsp3) is 0.318. The molecule has 2 heterocycles. The number of amides is 1. The van der Waals surface area contributed by atoms with Gasteiger partial charge < -0.3 is 15.0 Å². The summed E-state index contributed by atoms with van der Waals surface area (Å²) in [6.07, 6.45) is 6.55. The zero-order valence-corrected chi connectivity index (χ0v) is 16.0. The van der Waals surface area contributed by atoms with Crippen molar-refractivity contribution in [2.45, 2.75) is 25.8 Å². The summed E-state index contributed by atoms with van der Waals surface area (Å²) in [6, 6.07) is 13.5. The van der Waals surface area contributed by atoms with Crippen LogP contribution in [0.5, 0.6) is 0 Å². The summed E-state index contributed by atoms with van der Waals surface area (Å²) in [7, 11) is 0. The number of esters is 1. The predicted molar refractivity (Wildman–Crippen MR) is 109 cm³/mol. The molecule has 0 saturated carbocycles. The summed E-state index contributed by atoms with van der Waals surface area (Å²) in [5.74, 6) is 0.526. The van der Waals surface area contributed by atoms with Crippen molar-refractivity contribution in [3.63, 3.8) is 0 Å². The van der Waals surface area contributed by atoms with Crippen molar-refractivity contribution in [1.29, 1.82) is 0 Å². The van der Waals surface area contributed by atoms with Gasteiger partial charge in [-0.15, -0.1) is 0 Å². The molecule has 0 bridgehead atoms. The molecule has 1 aliphatic heterocycles. The summed E-state index contributed by atoms with van der Waals surface area (Å²) < 4.78 is 4.86. The zero-order valence-electron chi connectivity index (χ0n) is 16.0. The Morgan fingerprint density at radius 3 is 2.57 bits per heavy atom. The first kappa shape index (κ1) is 19.6. The molecule has 6 heteroatoms. The number of piperidine rings is 1. The Balaban J connectivity index is 1.48. The van der Waals surface area contributed by atoms with Crippen molar-refractivity contribution in [1.82, 2.24) is 9.88 Å². The molecule has 0 aliphatic carbocycles. The lowest BCUT2D eigenvalue weighted by Crippen LogP contribution is -2.42. The van der Waals surface area contributed by atoms with Gasteiger partial charge in [0.25, 0.3) is 5.91 Å². The van der Waals surface area contributed by atoms with E-state index in [1.807, 2.05) is 47.4 Å². The highest BCUT2D eigenvalue weighted by Gasteiger charge is 2.23. The number of likely N-dealkylation sites (tertiary alicyclic amines) is 1. The summed E-state index contributed by atoms with van der Waals surface area (Å²) in [4.78, 5) is 30.2.